The van der Waals surface area contributed by atoms with Crippen LogP contribution in [0.4, 0.5) is 4.39 Å². The molecule has 0 saturated heterocycles. The average molecular weight is 446 g/mol. The topological polar surface area (TPSA) is 91.2 Å². The van der Waals surface area contributed by atoms with Gasteiger partial charge in [0.25, 0.3) is 0 Å². The Morgan fingerprint density at radius 2 is 1.94 bits per heavy atom. The molecule has 31 heavy (non-hydrogen) atoms. The number of aromatic nitrogens is 3. The third-order valence-electron chi connectivity index (χ3n) is 5.03. The summed E-state index contributed by atoms with van der Waals surface area (Å²) in [5.41, 5.74) is 1.51. The summed E-state index contributed by atoms with van der Waals surface area (Å²) >= 11 is 0. The fourth-order valence-electron chi connectivity index (χ4n) is 2.93. The molecule has 164 valence electrons. The first-order valence-electron chi connectivity index (χ1n) is 9.80. The van der Waals surface area contributed by atoms with Crippen LogP contribution < -0.4 is 10.3 Å². The lowest BCUT2D eigenvalue weighted by molar-refractivity contribution is 0.407. The molecule has 0 fully saturated rings. The van der Waals surface area contributed by atoms with E-state index in [0.29, 0.717) is 23.2 Å². The summed E-state index contributed by atoms with van der Waals surface area (Å²) in [6.45, 7) is 5.13. The molecule has 2 heterocycles. The minimum atomic E-state index is -3.46. The molecule has 3 rings (SSSR count). The van der Waals surface area contributed by atoms with Crippen molar-refractivity contribution < 1.29 is 17.5 Å². The van der Waals surface area contributed by atoms with Gasteiger partial charge in [0.1, 0.15) is 0 Å². The van der Waals surface area contributed by atoms with Crippen LogP contribution in [0.15, 0.2) is 47.4 Å². The van der Waals surface area contributed by atoms with E-state index < -0.39 is 20.9 Å². The Morgan fingerprint density at radius 3 is 2.58 bits per heavy atom. The maximum absolute atomic E-state index is 14.3. The SMILES string of the molecule is CC[C@H](C)S(=O)(=O)Cc1cc(-c2ccc(=O)n(C)c2)nc(Oc2c(C)cccc2F)n1. The second-order valence-corrected chi connectivity index (χ2v) is 9.83. The van der Waals surface area contributed by atoms with E-state index in [1.165, 1.54) is 16.7 Å². The van der Waals surface area contributed by atoms with Crippen LogP contribution in [0.1, 0.15) is 31.5 Å². The molecule has 9 heteroatoms. The van der Waals surface area contributed by atoms with E-state index in [0.717, 1.165) is 0 Å². The van der Waals surface area contributed by atoms with Gasteiger partial charge in [-0.3, -0.25) is 4.79 Å². The predicted octanol–water partition coefficient (Wildman–Crippen LogP) is 3.80. The Morgan fingerprint density at radius 1 is 1.19 bits per heavy atom. The molecule has 7 nitrogen and oxygen atoms in total. The quantitative estimate of drug-likeness (QED) is 0.549. The molecule has 0 bridgehead atoms. The van der Waals surface area contributed by atoms with Crippen LogP contribution in [-0.4, -0.2) is 28.2 Å². The average Bonchev–Trinajstić information content (AvgIpc) is 2.71. The fraction of sp³-hybridized carbons (Fsp3) is 0.318. The largest absolute Gasteiger partial charge is 0.421 e. The number of hydrogen-bond acceptors (Lipinski definition) is 6. The second-order valence-electron chi connectivity index (χ2n) is 7.41. The van der Waals surface area contributed by atoms with Crippen molar-refractivity contribution in [2.24, 2.45) is 7.05 Å². The first-order chi connectivity index (χ1) is 14.6. The van der Waals surface area contributed by atoms with Crippen LogP contribution in [0.2, 0.25) is 0 Å². The molecule has 1 aromatic carbocycles. The molecule has 3 aromatic rings. The van der Waals surface area contributed by atoms with Crippen molar-refractivity contribution in [3.63, 3.8) is 0 Å². The molecule has 0 aliphatic heterocycles. The molecule has 2 aromatic heterocycles. The lowest BCUT2D eigenvalue weighted by Crippen LogP contribution is -2.19. The first-order valence-corrected chi connectivity index (χ1v) is 11.5. The molecule has 0 amide bonds. The van der Waals surface area contributed by atoms with Gasteiger partial charge in [0.05, 0.1) is 22.4 Å². The number of para-hydroxylation sites is 1. The van der Waals surface area contributed by atoms with E-state index in [2.05, 4.69) is 9.97 Å². The van der Waals surface area contributed by atoms with E-state index >= 15 is 0 Å². The van der Waals surface area contributed by atoms with Crippen molar-refractivity contribution in [2.75, 3.05) is 0 Å². The highest BCUT2D eigenvalue weighted by atomic mass is 32.2. The van der Waals surface area contributed by atoms with Gasteiger partial charge in [0.15, 0.2) is 21.4 Å². The van der Waals surface area contributed by atoms with E-state index in [4.69, 9.17) is 4.74 Å². The van der Waals surface area contributed by atoms with Gasteiger partial charge < -0.3 is 9.30 Å². The summed E-state index contributed by atoms with van der Waals surface area (Å²) in [5, 5.41) is -0.540. The van der Waals surface area contributed by atoms with Crippen molar-refractivity contribution in [3.8, 4) is 23.0 Å². The summed E-state index contributed by atoms with van der Waals surface area (Å²) in [5.74, 6) is -0.920. The molecular weight excluding hydrogens is 421 g/mol. The Balaban J connectivity index is 2.11. The summed E-state index contributed by atoms with van der Waals surface area (Å²) in [6, 6.07) is 8.83. The third-order valence-corrected chi connectivity index (χ3v) is 7.29. The number of rotatable bonds is 7. The molecule has 1 atom stereocenters. The minimum Gasteiger partial charge on any atom is -0.421 e. The van der Waals surface area contributed by atoms with Gasteiger partial charge in [-0.25, -0.2) is 12.8 Å². The van der Waals surface area contributed by atoms with Gasteiger partial charge in [-0.15, -0.1) is 0 Å². The molecule has 0 aliphatic carbocycles. The predicted molar refractivity (Wildman–Crippen MR) is 116 cm³/mol. The summed E-state index contributed by atoms with van der Waals surface area (Å²) in [6.07, 6.45) is 2.05. The van der Waals surface area contributed by atoms with Crippen molar-refractivity contribution in [3.05, 3.63) is 70.0 Å². The molecule has 0 unspecified atom stereocenters. The van der Waals surface area contributed by atoms with E-state index in [1.807, 2.05) is 0 Å². The number of pyridine rings is 1. The number of nitrogens with zero attached hydrogens (tertiary/aromatic N) is 3. The number of aryl methyl sites for hydroxylation is 2. The second kappa shape index (κ2) is 8.97. The smallest absolute Gasteiger partial charge is 0.322 e. The summed E-state index contributed by atoms with van der Waals surface area (Å²) in [7, 11) is -1.86. The number of hydrogen-bond donors (Lipinski definition) is 0. The zero-order valence-corrected chi connectivity index (χ0v) is 18.6. The van der Waals surface area contributed by atoms with Crippen LogP contribution in [0, 0.1) is 12.7 Å². The van der Waals surface area contributed by atoms with Crippen LogP contribution in [0.25, 0.3) is 11.3 Å². The maximum atomic E-state index is 14.3. The highest BCUT2D eigenvalue weighted by Crippen LogP contribution is 2.28. The molecule has 0 saturated carbocycles. The number of benzene rings is 1. The lowest BCUT2D eigenvalue weighted by Gasteiger charge is -2.13. The van der Waals surface area contributed by atoms with Crippen molar-refractivity contribution in [1.82, 2.24) is 14.5 Å². The van der Waals surface area contributed by atoms with Crippen molar-refractivity contribution in [1.29, 1.82) is 0 Å². The molecule has 0 N–H and O–H groups in total. The number of halogens is 1. The Bertz CT molecular complexity index is 1250. The van der Waals surface area contributed by atoms with Gasteiger partial charge in [-0.1, -0.05) is 19.1 Å². The summed E-state index contributed by atoms with van der Waals surface area (Å²) in [4.78, 5) is 20.3. The lowest BCUT2D eigenvalue weighted by atomic mass is 10.2. The van der Waals surface area contributed by atoms with Gasteiger partial charge in [-0.2, -0.15) is 9.97 Å². The zero-order valence-electron chi connectivity index (χ0n) is 17.8. The highest BCUT2D eigenvalue weighted by molar-refractivity contribution is 7.91. The van der Waals surface area contributed by atoms with Gasteiger partial charge in [0, 0.05) is 24.9 Å². The first kappa shape index (κ1) is 22.6. The number of ether oxygens (including phenoxy) is 1. The van der Waals surface area contributed by atoms with E-state index in [-0.39, 0.29) is 28.8 Å². The highest BCUT2D eigenvalue weighted by Gasteiger charge is 2.22. The Hall–Kier alpha value is -3.07. The third kappa shape index (κ3) is 5.16. The van der Waals surface area contributed by atoms with Crippen LogP contribution >= 0.6 is 0 Å². The summed E-state index contributed by atoms with van der Waals surface area (Å²) < 4.78 is 46.6. The molecule has 0 aliphatic rings. The van der Waals surface area contributed by atoms with Crippen molar-refractivity contribution in [2.45, 2.75) is 38.2 Å². The fourth-order valence-corrected chi connectivity index (χ4v) is 4.28. The van der Waals surface area contributed by atoms with E-state index in [9.17, 15) is 17.6 Å². The molecule has 0 radical (unpaired) electrons. The van der Waals surface area contributed by atoms with Gasteiger partial charge in [-0.05, 0) is 44.0 Å². The van der Waals surface area contributed by atoms with E-state index in [1.54, 1.807) is 58.3 Å². The van der Waals surface area contributed by atoms with Crippen LogP contribution in [-0.2, 0) is 22.6 Å². The van der Waals surface area contributed by atoms with Gasteiger partial charge in [0.2, 0.25) is 5.56 Å². The Labute approximate surface area is 180 Å². The van der Waals surface area contributed by atoms with Crippen LogP contribution in [0.3, 0.4) is 0 Å². The van der Waals surface area contributed by atoms with Gasteiger partial charge >= 0.3 is 6.01 Å². The monoisotopic (exact) mass is 445 g/mol. The molecule has 0 spiro atoms. The minimum absolute atomic E-state index is 0.0316. The zero-order chi connectivity index (χ0) is 22.8. The van der Waals surface area contributed by atoms with Crippen LogP contribution in [0.5, 0.6) is 11.8 Å². The maximum Gasteiger partial charge on any atom is 0.322 e. The normalized spacial score (nSPS) is 12.5. The standard InChI is InChI=1S/C22H24FN3O4S/c1-5-15(3)31(28,29)13-17-11-19(16-9-10-20(27)26(4)12-16)25-22(24-17)30-21-14(2)7-6-8-18(21)23/h6-12,15H,5,13H2,1-4H3/t15-/m0/s1. The van der Waals surface area contributed by atoms with Crippen molar-refractivity contribution >= 4 is 9.84 Å². The molecular formula is C22H24FN3O4S. The number of sulfone groups is 1. The Kier molecular flexibility index (Phi) is 6.54.